The van der Waals surface area contributed by atoms with Gasteiger partial charge in [0.15, 0.2) is 5.43 Å². The lowest BCUT2D eigenvalue weighted by molar-refractivity contribution is 0.566. The first kappa shape index (κ1) is 30.2. The molecule has 3 fully saturated rings. The van der Waals surface area contributed by atoms with Crippen molar-refractivity contribution in [2.45, 2.75) is 65.1 Å². The fourth-order valence-electron chi connectivity index (χ4n) is 6.20. The van der Waals surface area contributed by atoms with Gasteiger partial charge in [-0.05, 0) is 87.9 Å². The SMILES string of the molecule is Cc1cc(CNCc2cn(C3CC3)c3cc(N4CCNCC4)c(F)cc3c2=O)ccn1.Cc1ccc(N2CCCCC2)cn1. The molecule has 2 saturated heterocycles. The van der Waals surface area contributed by atoms with Gasteiger partial charge in [0.1, 0.15) is 5.82 Å². The van der Waals surface area contributed by atoms with Crippen molar-refractivity contribution in [2.24, 2.45) is 0 Å². The molecule has 1 aliphatic carbocycles. The molecule has 2 N–H and O–H groups in total. The highest BCUT2D eigenvalue weighted by molar-refractivity contribution is 5.84. The number of fused-ring (bicyclic) bond motifs is 1. The van der Waals surface area contributed by atoms with Crippen LogP contribution in [0.15, 0.2) is 59.8 Å². The molecule has 0 radical (unpaired) electrons. The summed E-state index contributed by atoms with van der Waals surface area (Å²) in [6, 6.07) is 12.0. The van der Waals surface area contributed by atoms with Crippen molar-refractivity contribution >= 4 is 22.3 Å². The second-order valence-corrected chi connectivity index (χ2v) is 12.3. The predicted octanol–water partition coefficient (Wildman–Crippen LogP) is 5.26. The summed E-state index contributed by atoms with van der Waals surface area (Å²) in [4.78, 5) is 26.2. The van der Waals surface area contributed by atoms with Crippen molar-refractivity contribution < 1.29 is 4.39 Å². The van der Waals surface area contributed by atoms with Crippen LogP contribution < -0.4 is 25.9 Å². The molecule has 1 saturated carbocycles. The molecule has 8 nitrogen and oxygen atoms in total. The lowest BCUT2D eigenvalue weighted by Gasteiger charge is -2.30. The average molecular weight is 598 g/mol. The topological polar surface area (TPSA) is 78.3 Å². The van der Waals surface area contributed by atoms with E-state index in [-0.39, 0.29) is 11.2 Å². The van der Waals surface area contributed by atoms with Gasteiger partial charge in [0.2, 0.25) is 0 Å². The van der Waals surface area contributed by atoms with Crippen LogP contribution in [0.3, 0.4) is 0 Å². The van der Waals surface area contributed by atoms with Crippen molar-refractivity contribution in [3.63, 3.8) is 0 Å². The minimum Gasteiger partial charge on any atom is -0.370 e. The summed E-state index contributed by atoms with van der Waals surface area (Å²) in [7, 11) is 0. The lowest BCUT2D eigenvalue weighted by atomic mass is 10.1. The third-order valence-corrected chi connectivity index (χ3v) is 8.80. The highest BCUT2D eigenvalue weighted by atomic mass is 19.1. The van der Waals surface area contributed by atoms with E-state index in [1.54, 1.807) is 6.20 Å². The number of hydrogen-bond acceptors (Lipinski definition) is 7. The Balaban J connectivity index is 0.000000220. The minimum absolute atomic E-state index is 0.0870. The van der Waals surface area contributed by atoms with Crippen LogP contribution in [0.2, 0.25) is 0 Å². The van der Waals surface area contributed by atoms with Gasteiger partial charge in [-0.15, -0.1) is 0 Å². The van der Waals surface area contributed by atoms with Crippen LogP contribution >= 0.6 is 0 Å². The Morgan fingerprint density at radius 3 is 2.41 bits per heavy atom. The summed E-state index contributed by atoms with van der Waals surface area (Å²) >= 11 is 0. The van der Waals surface area contributed by atoms with Crippen molar-refractivity contribution in [2.75, 3.05) is 49.1 Å². The highest BCUT2D eigenvalue weighted by Crippen LogP contribution is 2.38. The second kappa shape index (κ2) is 13.9. The maximum absolute atomic E-state index is 15.0. The number of aromatic nitrogens is 3. The van der Waals surface area contributed by atoms with E-state index in [9.17, 15) is 4.79 Å². The molecule has 2 aliphatic heterocycles. The fraction of sp³-hybridized carbons (Fsp3) is 0.457. The van der Waals surface area contributed by atoms with E-state index in [2.05, 4.69) is 47.1 Å². The Morgan fingerprint density at radius 2 is 1.70 bits per heavy atom. The van der Waals surface area contributed by atoms with Crippen LogP contribution in [-0.4, -0.2) is 53.8 Å². The van der Waals surface area contributed by atoms with Crippen LogP contribution in [-0.2, 0) is 13.1 Å². The Bertz CT molecular complexity index is 1620. The Kier molecular flexibility index (Phi) is 9.52. The van der Waals surface area contributed by atoms with Gasteiger partial charge in [0.05, 0.1) is 23.1 Å². The fourth-order valence-corrected chi connectivity index (χ4v) is 6.20. The highest BCUT2D eigenvalue weighted by Gasteiger charge is 2.27. The number of nitrogens with zero attached hydrogens (tertiary/aromatic N) is 5. The van der Waals surface area contributed by atoms with Crippen LogP contribution in [0.1, 0.15) is 60.7 Å². The molecule has 3 aromatic heterocycles. The van der Waals surface area contributed by atoms with Crippen molar-refractivity contribution in [3.8, 4) is 0 Å². The quantitative estimate of drug-likeness (QED) is 0.301. The maximum Gasteiger partial charge on any atom is 0.193 e. The average Bonchev–Trinajstić information content (AvgIpc) is 3.89. The van der Waals surface area contributed by atoms with Crippen molar-refractivity contribution in [3.05, 3.63) is 93.5 Å². The first-order chi connectivity index (χ1) is 21.5. The molecule has 4 aromatic rings. The van der Waals surface area contributed by atoms with E-state index in [1.807, 2.05) is 44.4 Å². The molecule has 5 heterocycles. The molecule has 0 amide bonds. The molecule has 0 atom stereocenters. The van der Waals surface area contributed by atoms with Crippen LogP contribution in [0.25, 0.3) is 10.9 Å². The molecule has 0 bridgehead atoms. The molecular formula is C35H44FN7O. The first-order valence-electron chi connectivity index (χ1n) is 16.1. The van der Waals surface area contributed by atoms with Gasteiger partial charge in [-0.2, -0.15) is 0 Å². The van der Waals surface area contributed by atoms with Gasteiger partial charge in [-0.3, -0.25) is 14.8 Å². The number of nitrogens with one attached hydrogen (secondary N) is 2. The van der Waals surface area contributed by atoms with Gasteiger partial charge >= 0.3 is 0 Å². The molecule has 232 valence electrons. The smallest absolute Gasteiger partial charge is 0.193 e. The number of halogens is 1. The zero-order chi connectivity index (χ0) is 30.5. The first-order valence-corrected chi connectivity index (χ1v) is 16.1. The van der Waals surface area contributed by atoms with E-state index in [1.165, 1.54) is 44.1 Å². The van der Waals surface area contributed by atoms with Gasteiger partial charge in [-0.25, -0.2) is 4.39 Å². The van der Waals surface area contributed by atoms with E-state index in [0.717, 1.165) is 61.5 Å². The molecular weight excluding hydrogens is 553 g/mol. The number of aryl methyl sites for hydroxylation is 2. The van der Waals surface area contributed by atoms with Gasteiger partial charge < -0.3 is 25.0 Å². The number of piperazine rings is 1. The minimum atomic E-state index is -0.314. The van der Waals surface area contributed by atoms with Crippen molar-refractivity contribution in [1.29, 1.82) is 0 Å². The monoisotopic (exact) mass is 597 g/mol. The van der Waals surface area contributed by atoms with E-state index in [0.29, 0.717) is 35.8 Å². The molecule has 1 aromatic carbocycles. The van der Waals surface area contributed by atoms with E-state index >= 15 is 4.39 Å². The Labute approximate surface area is 259 Å². The predicted molar refractivity (Wildman–Crippen MR) is 176 cm³/mol. The number of hydrogen-bond donors (Lipinski definition) is 2. The third kappa shape index (κ3) is 7.27. The number of anilines is 2. The van der Waals surface area contributed by atoms with Crippen LogP contribution in [0.5, 0.6) is 0 Å². The molecule has 44 heavy (non-hydrogen) atoms. The normalized spacial score (nSPS) is 17.0. The van der Waals surface area contributed by atoms with Gasteiger partial charge in [0, 0.05) is 93.1 Å². The largest absolute Gasteiger partial charge is 0.370 e. The number of benzene rings is 1. The second-order valence-electron chi connectivity index (χ2n) is 12.3. The third-order valence-electron chi connectivity index (χ3n) is 8.80. The molecule has 7 rings (SSSR count). The van der Waals surface area contributed by atoms with E-state index < -0.39 is 0 Å². The Hall–Kier alpha value is -3.82. The Morgan fingerprint density at radius 1 is 0.909 bits per heavy atom. The number of piperidine rings is 1. The van der Waals surface area contributed by atoms with Crippen LogP contribution in [0.4, 0.5) is 15.8 Å². The lowest BCUT2D eigenvalue weighted by Crippen LogP contribution is -2.43. The molecule has 0 unspecified atom stereocenters. The number of pyridine rings is 3. The van der Waals surface area contributed by atoms with Crippen LogP contribution in [0, 0.1) is 19.7 Å². The maximum atomic E-state index is 15.0. The summed E-state index contributed by atoms with van der Waals surface area (Å²) in [5.74, 6) is -0.314. The summed E-state index contributed by atoms with van der Waals surface area (Å²) in [5, 5.41) is 7.14. The van der Waals surface area contributed by atoms with Crippen molar-refractivity contribution in [1.82, 2.24) is 25.2 Å². The summed E-state index contributed by atoms with van der Waals surface area (Å²) < 4.78 is 17.2. The summed E-state index contributed by atoms with van der Waals surface area (Å²) in [6.45, 7) is 10.7. The van der Waals surface area contributed by atoms with Gasteiger partial charge in [0.25, 0.3) is 0 Å². The standard InChI is InChI=1S/C24H28FN5O.C11H16N2/c1-16-10-17(4-5-28-16)13-27-14-18-15-30(19-2-3-19)22-12-23(29-8-6-26-7-9-29)21(25)11-20(22)24(18)31;1-10-5-6-11(9-12-10)13-7-3-2-4-8-13/h4-5,10-12,15,19,26-27H,2-3,6-9,13-14H2,1H3;5-6,9H,2-4,7-8H2,1H3. The summed E-state index contributed by atoms with van der Waals surface area (Å²) in [6.07, 6.45) is 12.0. The molecule has 9 heteroatoms. The van der Waals surface area contributed by atoms with Gasteiger partial charge in [-0.1, -0.05) is 0 Å². The zero-order valence-electron chi connectivity index (χ0n) is 26.0. The van der Waals surface area contributed by atoms with E-state index in [4.69, 9.17) is 0 Å². The zero-order valence-corrected chi connectivity index (χ0v) is 26.0. The summed E-state index contributed by atoms with van der Waals surface area (Å²) in [5.41, 5.74) is 6.51. The molecule has 3 aliphatic rings. The number of rotatable bonds is 7. The molecule has 0 spiro atoms.